The first-order chi connectivity index (χ1) is 17.8. The fourth-order valence-electron chi connectivity index (χ4n) is 3.86. The van der Waals surface area contributed by atoms with Crippen LogP contribution < -0.4 is 4.57 Å². The van der Waals surface area contributed by atoms with Crippen LogP contribution in [-0.2, 0) is 35.6 Å². The van der Waals surface area contributed by atoms with Crippen molar-refractivity contribution in [2.45, 2.75) is 91.6 Å². The maximum atomic E-state index is 13.9. The average molecular weight is 587 g/mol. The number of hydrogen-bond donors (Lipinski definition) is 0. The lowest BCUT2D eigenvalue weighted by Gasteiger charge is -2.48. The second kappa shape index (κ2) is 14.3. The Morgan fingerprint density at radius 1 is 1.00 bits per heavy atom. The quantitative estimate of drug-likeness (QED) is 0.141. The van der Waals surface area contributed by atoms with Gasteiger partial charge < -0.3 is 13.6 Å². The Morgan fingerprint density at radius 3 is 1.90 bits per heavy atom. The minimum absolute atomic E-state index is 0.178. The summed E-state index contributed by atoms with van der Waals surface area (Å²) in [5.41, 5.74) is 1.13. The van der Waals surface area contributed by atoms with Crippen LogP contribution in [0.1, 0.15) is 79.5 Å². The average Bonchev–Trinajstić information content (AvgIpc) is 2.77. The summed E-state index contributed by atoms with van der Waals surface area (Å²) < 4.78 is 58.5. The van der Waals surface area contributed by atoms with Gasteiger partial charge in [0.05, 0.1) is 18.1 Å². The molecule has 2 rings (SSSR count). The molecule has 1 aromatic carbocycles. The molecule has 9 nitrogen and oxygen atoms in total. The minimum atomic E-state index is -4.27. The Balaban J connectivity index is 0.000000573. The van der Waals surface area contributed by atoms with Crippen molar-refractivity contribution in [3.63, 3.8) is 0 Å². The van der Waals surface area contributed by atoms with E-state index in [1.54, 1.807) is 12.1 Å². The van der Waals surface area contributed by atoms with E-state index in [1.807, 2.05) is 110 Å². The summed E-state index contributed by atoms with van der Waals surface area (Å²) in [4.78, 5) is 6.29. The highest BCUT2D eigenvalue weighted by atomic mass is 32.2. The van der Waals surface area contributed by atoms with Gasteiger partial charge in [-0.2, -0.15) is 5.06 Å². The van der Waals surface area contributed by atoms with Crippen molar-refractivity contribution in [3.05, 3.63) is 59.9 Å². The molecule has 0 N–H and O–H groups in total. The number of pyridine rings is 1. The van der Waals surface area contributed by atoms with Crippen molar-refractivity contribution in [1.29, 1.82) is 0 Å². The van der Waals surface area contributed by atoms with Gasteiger partial charge in [0.15, 0.2) is 12.4 Å². The summed E-state index contributed by atoms with van der Waals surface area (Å²) >= 11 is 0. The molecule has 0 aliphatic rings. The number of hydrogen-bond acceptors (Lipinski definition) is 8. The first-order valence-corrected chi connectivity index (χ1v) is 16.1. The van der Waals surface area contributed by atoms with Crippen molar-refractivity contribution in [2.24, 2.45) is 12.5 Å². The summed E-state index contributed by atoms with van der Waals surface area (Å²) in [6.07, 6.45) is 3.78. The van der Waals surface area contributed by atoms with Gasteiger partial charge in [-0.1, -0.05) is 38.5 Å². The van der Waals surface area contributed by atoms with E-state index in [4.69, 9.17) is 13.9 Å². The van der Waals surface area contributed by atoms with Gasteiger partial charge >= 0.3 is 7.60 Å². The van der Waals surface area contributed by atoms with E-state index in [1.165, 1.54) is 12.1 Å². The van der Waals surface area contributed by atoms with Crippen LogP contribution in [0.2, 0.25) is 0 Å². The van der Waals surface area contributed by atoms with E-state index in [-0.39, 0.29) is 11.0 Å². The van der Waals surface area contributed by atoms with Crippen LogP contribution in [0.25, 0.3) is 0 Å². The van der Waals surface area contributed by atoms with Gasteiger partial charge in [-0.15, -0.1) is 0 Å². The van der Waals surface area contributed by atoms with E-state index < -0.39 is 34.5 Å². The molecule has 2 aromatic rings. The van der Waals surface area contributed by atoms with Gasteiger partial charge in [0, 0.05) is 17.2 Å². The first-order valence-electron chi connectivity index (χ1n) is 13.1. The molecule has 0 aliphatic carbocycles. The number of rotatable bonds is 10. The monoisotopic (exact) mass is 586 g/mol. The zero-order chi connectivity index (χ0) is 30.2. The van der Waals surface area contributed by atoms with Gasteiger partial charge in [0.25, 0.3) is 0 Å². The highest BCUT2D eigenvalue weighted by Crippen LogP contribution is 2.61. The maximum Gasteiger partial charge on any atom is 0.350 e. The minimum Gasteiger partial charge on any atom is -0.744 e. The SMILES string of the molecule is CCOP(=O)(OCC)C(N(OC(C)c1ccc[n+](C)c1)C(C)(C)C)C(C)(C)C.Cc1ccc(S(=O)(=O)[O-])cc1. The molecule has 0 spiro atoms. The summed E-state index contributed by atoms with van der Waals surface area (Å²) in [5, 5.41) is 1.83. The molecule has 39 heavy (non-hydrogen) atoms. The maximum absolute atomic E-state index is 13.9. The Hall–Kier alpha value is -1.65. The Labute approximate surface area is 235 Å². The lowest BCUT2D eigenvalue weighted by atomic mass is 9.94. The van der Waals surface area contributed by atoms with Crippen LogP contribution in [0.4, 0.5) is 0 Å². The molecule has 0 saturated heterocycles. The van der Waals surface area contributed by atoms with Crippen molar-refractivity contribution < 1.29 is 36.0 Å². The standard InChI is InChI=1S/C21H40N2O4P.C7H8O3S/c1-11-25-28(24,26-12-2)19(20(4,5)6)23(21(7,8)9)27-17(3)18-14-13-15-22(10)16-18;1-6-2-4-7(5-3-6)11(8,9)10/h13-17,19H,11-12H2,1-10H3;2-5H,1H3,(H,8,9,10)/q+1;/p-1. The normalized spacial score (nSPS) is 14.5. The van der Waals surface area contributed by atoms with Gasteiger partial charge in [-0.25, -0.2) is 13.0 Å². The number of nitrogens with zero attached hydrogens (tertiary/aromatic N) is 2. The summed E-state index contributed by atoms with van der Waals surface area (Å²) in [6.45, 7) is 20.4. The Bertz CT molecular complexity index is 1180. The van der Waals surface area contributed by atoms with Crippen LogP contribution in [0, 0.1) is 12.3 Å². The third-order valence-corrected chi connectivity index (χ3v) is 9.26. The Morgan fingerprint density at radius 2 is 1.51 bits per heavy atom. The fourth-order valence-corrected chi connectivity index (χ4v) is 7.02. The summed E-state index contributed by atoms with van der Waals surface area (Å²) in [5.74, 6) is -0.570. The predicted molar refractivity (Wildman–Crippen MR) is 152 cm³/mol. The van der Waals surface area contributed by atoms with Gasteiger partial charge in [0.2, 0.25) is 0 Å². The van der Waals surface area contributed by atoms with Crippen LogP contribution in [0.15, 0.2) is 53.7 Å². The number of benzene rings is 1. The van der Waals surface area contributed by atoms with E-state index in [0.29, 0.717) is 13.2 Å². The van der Waals surface area contributed by atoms with Crippen LogP contribution in [0.5, 0.6) is 0 Å². The second-order valence-electron chi connectivity index (χ2n) is 11.4. The number of aromatic nitrogens is 1. The first kappa shape index (κ1) is 35.4. The molecule has 0 bridgehead atoms. The molecule has 0 fully saturated rings. The van der Waals surface area contributed by atoms with Gasteiger partial charge in [-0.3, -0.25) is 9.40 Å². The second-order valence-corrected chi connectivity index (χ2v) is 14.9. The largest absolute Gasteiger partial charge is 0.744 e. The van der Waals surface area contributed by atoms with E-state index in [9.17, 15) is 17.5 Å². The molecule has 2 unspecified atom stereocenters. The third-order valence-electron chi connectivity index (χ3n) is 5.59. The fraction of sp³-hybridized carbons (Fsp3) is 0.607. The molecule has 11 heteroatoms. The zero-order valence-electron chi connectivity index (χ0n) is 25.3. The molecule has 222 valence electrons. The molecular weight excluding hydrogens is 539 g/mol. The molecule has 0 radical (unpaired) electrons. The molecular formula is C28H47N2O7PS. The van der Waals surface area contributed by atoms with Crippen LogP contribution in [-0.4, -0.2) is 42.6 Å². The lowest BCUT2D eigenvalue weighted by molar-refractivity contribution is -0.672. The molecule has 0 saturated carbocycles. The third kappa shape index (κ3) is 11.0. The molecule has 0 amide bonds. The van der Waals surface area contributed by atoms with Crippen molar-refractivity contribution in [3.8, 4) is 0 Å². The topological polar surface area (TPSA) is 109 Å². The van der Waals surface area contributed by atoms with Gasteiger partial charge in [-0.05, 0) is 72.1 Å². The zero-order valence-corrected chi connectivity index (χ0v) is 27.0. The lowest BCUT2D eigenvalue weighted by Crippen LogP contribution is -2.53. The van der Waals surface area contributed by atoms with Crippen molar-refractivity contribution in [1.82, 2.24) is 5.06 Å². The van der Waals surface area contributed by atoms with E-state index >= 15 is 0 Å². The van der Waals surface area contributed by atoms with Crippen LogP contribution in [0.3, 0.4) is 0 Å². The molecule has 0 aliphatic heterocycles. The van der Waals surface area contributed by atoms with E-state index in [2.05, 4.69) is 0 Å². The summed E-state index contributed by atoms with van der Waals surface area (Å²) in [6, 6.07) is 9.80. The summed E-state index contributed by atoms with van der Waals surface area (Å²) in [7, 11) is -5.75. The van der Waals surface area contributed by atoms with E-state index in [0.717, 1.165) is 11.1 Å². The van der Waals surface area contributed by atoms with Crippen LogP contribution >= 0.6 is 7.60 Å². The van der Waals surface area contributed by atoms with Gasteiger partial charge in [0.1, 0.15) is 29.1 Å². The molecule has 2 atom stereocenters. The number of hydroxylamine groups is 2. The highest BCUT2D eigenvalue weighted by molar-refractivity contribution is 7.85. The predicted octanol–water partition coefficient (Wildman–Crippen LogP) is 6.14. The highest BCUT2D eigenvalue weighted by Gasteiger charge is 2.51. The Kier molecular flexibility index (Phi) is 13.0. The van der Waals surface area contributed by atoms with Crippen molar-refractivity contribution >= 4 is 17.7 Å². The van der Waals surface area contributed by atoms with Crippen molar-refractivity contribution in [2.75, 3.05) is 13.2 Å². The number of aryl methyl sites for hydroxylation is 2. The molecule has 1 heterocycles. The smallest absolute Gasteiger partial charge is 0.350 e. The molecule has 1 aromatic heterocycles.